The molecule has 138 valence electrons. The van der Waals surface area contributed by atoms with E-state index in [0.29, 0.717) is 30.5 Å². The molecule has 1 aromatic rings. The maximum absolute atomic E-state index is 13.0. The molecule has 0 bridgehead atoms. The van der Waals surface area contributed by atoms with E-state index in [1.54, 1.807) is 0 Å². The molecule has 5 nitrogen and oxygen atoms in total. The van der Waals surface area contributed by atoms with Gasteiger partial charge in [0.25, 0.3) is 5.91 Å². The van der Waals surface area contributed by atoms with Crippen LogP contribution in [0.25, 0.3) is 0 Å². The molecule has 0 aromatic heterocycles. The van der Waals surface area contributed by atoms with Crippen LogP contribution in [0.2, 0.25) is 0 Å². The van der Waals surface area contributed by atoms with Gasteiger partial charge in [-0.3, -0.25) is 9.69 Å². The summed E-state index contributed by atoms with van der Waals surface area (Å²) in [5.74, 6) is 3.22. The van der Waals surface area contributed by atoms with Gasteiger partial charge in [-0.2, -0.15) is 11.8 Å². The zero-order valence-electron chi connectivity index (χ0n) is 15.1. The Morgan fingerprint density at radius 2 is 1.96 bits per heavy atom. The number of carbonyl (C=O) groups excluding carboxylic acids is 1. The van der Waals surface area contributed by atoms with Crippen LogP contribution in [0.4, 0.5) is 0 Å². The van der Waals surface area contributed by atoms with Crippen LogP contribution in [0.5, 0.6) is 5.75 Å². The SMILES string of the molecule is Cc1ccc(OCCN)c(C(=O)N2CCC(N3CCSCC3)CC2)c1. The number of benzene rings is 1. The molecule has 2 heterocycles. The van der Waals surface area contributed by atoms with Gasteiger partial charge in [0.05, 0.1) is 5.56 Å². The van der Waals surface area contributed by atoms with Crippen molar-refractivity contribution in [2.45, 2.75) is 25.8 Å². The molecular formula is C19H29N3O2S. The van der Waals surface area contributed by atoms with E-state index in [1.165, 1.54) is 24.6 Å². The van der Waals surface area contributed by atoms with E-state index < -0.39 is 0 Å². The standard InChI is InChI=1S/C19H29N3O2S/c1-15-2-3-18(24-11-6-20)17(14-15)19(23)22-7-4-16(5-8-22)21-9-12-25-13-10-21/h2-3,14,16H,4-13,20H2,1H3. The second kappa shape index (κ2) is 8.92. The molecule has 6 heteroatoms. The van der Waals surface area contributed by atoms with Crippen LogP contribution in [-0.2, 0) is 0 Å². The number of hydrogen-bond donors (Lipinski definition) is 1. The van der Waals surface area contributed by atoms with Crippen LogP contribution < -0.4 is 10.5 Å². The third-order valence-corrected chi connectivity index (χ3v) is 6.00. The number of amides is 1. The Balaban J connectivity index is 1.63. The lowest BCUT2D eigenvalue weighted by Crippen LogP contribution is -2.49. The van der Waals surface area contributed by atoms with Gasteiger partial charge in [0.2, 0.25) is 0 Å². The van der Waals surface area contributed by atoms with Crippen LogP contribution in [0.15, 0.2) is 18.2 Å². The number of hydrogen-bond acceptors (Lipinski definition) is 5. The number of thioether (sulfide) groups is 1. The topological polar surface area (TPSA) is 58.8 Å². The van der Waals surface area contributed by atoms with Crippen molar-refractivity contribution in [3.63, 3.8) is 0 Å². The molecule has 0 atom stereocenters. The minimum Gasteiger partial charge on any atom is -0.491 e. The summed E-state index contributed by atoms with van der Waals surface area (Å²) in [5, 5.41) is 0. The van der Waals surface area contributed by atoms with Gasteiger partial charge in [0.15, 0.2) is 0 Å². The molecule has 0 radical (unpaired) electrons. The molecule has 0 spiro atoms. The lowest BCUT2D eigenvalue weighted by Gasteiger charge is -2.40. The maximum atomic E-state index is 13.0. The van der Waals surface area contributed by atoms with Gasteiger partial charge in [-0.15, -0.1) is 0 Å². The Kier molecular flexibility index (Phi) is 6.62. The summed E-state index contributed by atoms with van der Waals surface area (Å²) < 4.78 is 5.69. The van der Waals surface area contributed by atoms with Crippen LogP contribution in [-0.4, -0.2) is 72.6 Å². The highest BCUT2D eigenvalue weighted by Crippen LogP contribution is 2.25. The molecular weight excluding hydrogens is 334 g/mol. The molecule has 2 aliphatic rings. The molecule has 0 unspecified atom stereocenters. The Hall–Kier alpha value is -1.24. The van der Waals surface area contributed by atoms with Crippen molar-refractivity contribution in [2.75, 3.05) is 50.8 Å². The van der Waals surface area contributed by atoms with Crippen LogP contribution >= 0.6 is 11.8 Å². The zero-order valence-corrected chi connectivity index (χ0v) is 15.9. The van der Waals surface area contributed by atoms with Gasteiger partial charge in [0, 0.05) is 50.3 Å². The van der Waals surface area contributed by atoms with Gasteiger partial charge in [-0.1, -0.05) is 11.6 Å². The van der Waals surface area contributed by atoms with Crippen molar-refractivity contribution in [1.29, 1.82) is 0 Å². The lowest BCUT2D eigenvalue weighted by atomic mass is 10.0. The normalized spacial score (nSPS) is 19.8. The van der Waals surface area contributed by atoms with Gasteiger partial charge in [0.1, 0.15) is 12.4 Å². The highest BCUT2D eigenvalue weighted by atomic mass is 32.2. The van der Waals surface area contributed by atoms with Crippen molar-refractivity contribution in [3.8, 4) is 5.75 Å². The van der Waals surface area contributed by atoms with Gasteiger partial charge in [-0.05, 0) is 31.9 Å². The molecule has 0 saturated carbocycles. The van der Waals surface area contributed by atoms with E-state index in [4.69, 9.17) is 10.5 Å². The van der Waals surface area contributed by atoms with E-state index in [1.807, 2.05) is 41.8 Å². The molecule has 0 aliphatic carbocycles. The number of ether oxygens (including phenoxy) is 1. The average Bonchev–Trinajstić information content (AvgIpc) is 2.67. The third kappa shape index (κ3) is 4.68. The fourth-order valence-electron chi connectivity index (χ4n) is 3.65. The van der Waals surface area contributed by atoms with E-state index >= 15 is 0 Å². The molecule has 2 saturated heterocycles. The Bertz CT molecular complexity index is 582. The summed E-state index contributed by atoms with van der Waals surface area (Å²) in [6.45, 7) is 6.93. The van der Waals surface area contributed by atoms with Crippen molar-refractivity contribution in [1.82, 2.24) is 9.80 Å². The Labute approximate surface area is 154 Å². The third-order valence-electron chi connectivity index (χ3n) is 5.05. The molecule has 1 aromatic carbocycles. The summed E-state index contributed by atoms with van der Waals surface area (Å²) in [7, 11) is 0. The molecule has 1 amide bonds. The van der Waals surface area contributed by atoms with E-state index in [2.05, 4.69) is 4.90 Å². The predicted molar refractivity (Wildman–Crippen MR) is 104 cm³/mol. The first kappa shape index (κ1) is 18.5. The van der Waals surface area contributed by atoms with Crippen molar-refractivity contribution >= 4 is 17.7 Å². The molecule has 3 rings (SSSR count). The summed E-state index contributed by atoms with van der Waals surface area (Å²) in [5.41, 5.74) is 7.28. The molecule has 2 N–H and O–H groups in total. The number of aryl methyl sites for hydroxylation is 1. The Morgan fingerprint density at radius 1 is 1.24 bits per heavy atom. The summed E-state index contributed by atoms with van der Waals surface area (Å²) in [6, 6.07) is 6.43. The van der Waals surface area contributed by atoms with Gasteiger partial charge < -0.3 is 15.4 Å². The first-order valence-corrected chi connectivity index (χ1v) is 10.4. The van der Waals surface area contributed by atoms with Crippen molar-refractivity contribution in [3.05, 3.63) is 29.3 Å². The second-order valence-corrected chi connectivity index (χ2v) is 8.03. The van der Waals surface area contributed by atoms with E-state index in [0.717, 1.165) is 31.5 Å². The zero-order chi connectivity index (χ0) is 17.6. The van der Waals surface area contributed by atoms with Crippen LogP contribution in [0.1, 0.15) is 28.8 Å². The predicted octanol–water partition coefficient (Wildman–Crippen LogP) is 1.99. The summed E-state index contributed by atoms with van der Waals surface area (Å²) >= 11 is 2.05. The Morgan fingerprint density at radius 3 is 2.64 bits per heavy atom. The molecule has 25 heavy (non-hydrogen) atoms. The van der Waals surface area contributed by atoms with Crippen LogP contribution in [0.3, 0.4) is 0 Å². The molecule has 2 fully saturated rings. The number of nitrogens with two attached hydrogens (primary N) is 1. The monoisotopic (exact) mass is 363 g/mol. The van der Waals surface area contributed by atoms with Gasteiger partial charge in [-0.25, -0.2) is 0 Å². The fraction of sp³-hybridized carbons (Fsp3) is 0.632. The van der Waals surface area contributed by atoms with E-state index in [-0.39, 0.29) is 5.91 Å². The lowest BCUT2D eigenvalue weighted by molar-refractivity contribution is 0.0627. The summed E-state index contributed by atoms with van der Waals surface area (Å²) in [6.07, 6.45) is 2.14. The molecule has 2 aliphatic heterocycles. The minimum absolute atomic E-state index is 0.0865. The highest BCUT2D eigenvalue weighted by molar-refractivity contribution is 7.99. The number of carbonyl (C=O) groups is 1. The average molecular weight is 364 g/mol. The first-order chi connectivity index (χ1) is 12.2. The van der Waals surface area contributed by atoms with Crippen molar-refractivity contribution < 1.29 is 9.53 Å². The second-order valence-electron chi connectivity index (χ2n) is 6.81. The number of piperidine rings is 1. The van der Waals surface area contributed by atoms with Crippen molar-refractivity contribution in [2.24, 2.45) is 5.73 Å². The van der Waals surface area contributed by atoms with E-state index in [9.17, 15) is 4.79 Å². The van der Waals surface area contributed by atoms with Crippen LogP contribution in [0, 0.1) is 6.92 Å². The number of rotatable bonds is 5. The number of likely N-dealkylation sites (tertiary alicyclic amines) is 1. The largest absolute Gasteiger partial charge is 0.491 e. The first-order valence-electron chi connectivity index (χ1n) is 9.23. The number of nitrogens with zero attached hydrogens (tertiary/aromatic N) is 2. The quantitative estimate of drug-likeness (QED) is 0.867. The minimum atomic E-state index is 0.0865. The highest BCUT2D eigenvalue weighted by Gasteiger charge is 2.29. The summed E-state index contributed by atoms with van der Waals surface area (Å²) in [4.78, 5) is 17.6. The van der Waals surface area contributed by atoms with Gasteiger partial charge >= 0.3 is 0 Å². The fourth-order valence-corrected chi connectivity index (χ4v) is 4.58. The maximum Gasteiger partial charge on any atom is 0.257 e. The smallest absolute Gasteiger partial charge is 0.257 e.